The van der Waals surface area contributed by atoms with Gasteiger partial charge in [0.2, 0.25) is 0 Å². The number of hydrogen-bond donors (Lipinski definition) is 2. The number of aryl methyl sites for hydroxylation is 1. The molecule has 4 rings (SSSR count). The van der Waals surface area contributed by atoms with Gasteiger partial charge in [0.25, 0.3) is 17.4 Å². The molecular formula is C27H23F2N5O4. The van der Waals surface area contributed by atoms with E-state index in [2.05, 4.69) is 20.7 Å². The second-order valence-corrected chi connectivity index (χ2v) is 8.24. The number of anilines is 1. The van der Waals surface area contributed by atoms with Crippen molar-refractivity contribution in [2.45, 2.75) is 20.3 Å². The van der Waals surface area contributed by atoms with E-state index in [1.54, 1.807) is 0 Å². The van der Waals surface area contributed by atoms with E-state index in [-0.39, 0.29) is 45.7 Å². The predicted molar refractivity (Wildman–Crippen MR) is 136 cm³/mol. The first-order chi connectivity index (χ1) is 18.2. The Labute approximate surface area is 216 Å². The maximum atomic E-state index is 14.8. The summed E-state index contributed by atoms with van der Waals surface area (Å²) in [6.45, 7) is 3.95. The van der Waals surface area contributed by atoms with Crippen molar-refractivity contribution in [3.8, 4) is 17.2 Å². The van der Waals surface area contributed by atoms with E-state index in [1.807, 2.05) is 6.92 Å². The fourth-order valence-corrected chi connectivity index (χ4v) is 3.47. The molecule has 0 aliphatic rings. The van der Waals surface area contributed by atoms with E-state index < -0.39 is 23.1 Å². The number of aromatic nitrogens is 3. The van der Waals surface area contributed by atoms with Crippen LogP contribution in [0.1, 0.15) is 39.9 Å². The van der Waals surface area contributed by atoms with Crippen molar-refractivity contribution in [2.75, 3.05) is 11.9 Å². The summed E-state index contributed by atoms with van der Waals surface area (Å²) >= 11 is 0. The summed E-state index contributed by atoms with van der Waals surface area (Å²) in [4.78, 5) is 41.4. The van der Waals surface area contributed by atoms with Crippen LogP contribution in [0.5, 0.6) is 11.5 Å². The average Bonchev–Trinajstić information content (AvgIpc) is 2.89. The van der Waals surface area contributed by atoms with Crippen molar-refractivity contribution in [3.63, 3.8) is 0 Å². The van der Waals surface area contributed by atoms with Crippen molar-refractivity contribution >= 4 is 17.5 Å². The summed E-state index contributed by atoms with van der Waals surface area (Å²) in [7, 11) is 0. The van der Waals surface area contributed by atoms with Crippen LogP contribution in [0.4, 0.5) is 14.5 Å². The van der Waals surface area contributed by atoms with Gasteiger partial charge < -0.3 is 15.4 Å². The summed E-state index contributed by atoms with van der Waals surface area (Å²) in [6.07, 6.45) is 2.14. The molecule has 194 valence electrons. The largest absolute Gasteiger partial charge is 0.454 e. The topological polar surface area (TPSA) is 115 Å². The zero-order chi connectivity index (χ0) is 27.2. The van der Waals surface area contributed by atoms with Crippen molar-refractivity contribution < 1.29 is 23.1 Å². The number of ether oxygens (including phenoxy) is 1. The van der Waals surface area contributed by atoms with Crippen molar-refractivity contribution in [1.29, 1.82) is 0 Å². The number of amides is 2. The third-order valence-electron chi connectivity index (χ3n) is 5.31. The molecule has 9 nitrogen and oxygen atoms in total. The summed E-state index contributed by atoms with van der Waals surface area (Å²) in [6, 6.07) is 13.1. The molecule has 0 saturated carbocycles. The number of benzene rings is 2. The number of carbonyl (C=O) groups excluding carboxylic acids is 2. The van der Waals surface area contributed by atoms with Gasteiger partial charge in [-0.25, -0.2) is 8.78 Å². The number of carbonyl (C=O) groups is 2. The van der Waals surface area contributed by atoms with E-state index in [9.17, 15) is 23.2 Å². The molecule has 2 N–H and O–H groups in total. The molecule has 2 aromatic heterocycles. The van der Waals surface area contributed by atoms with Crippen LogP contribution >= 0.6 is 0 Å². The van der Waals surface area contributed by atoms with Gasteiger partial charge in [-0.05, 0) is 55.3 Å². The van der Waals surface area contributed by atoms with Gasteiger partial charge in [0.15, 0.2) is 17.3 Å². The molecule has 0 atom stereocenters. The summed E-state index contributed by atoms with van der Waals surface area (Å²) < 4.78 is 34.9. The van der Waals surface area contributed by atoms with Gasteiger partial charge in [0, 0.05) is 36.6 Å². The molecule has 2 heterocycles. The molecule has 0 aliphatic carbocycles. The Morgan fingerprint density at radius 1 is 1.03 bits per heavy atom. The minimum atomic E-state index is -0.772. The Balaban J connectivity index is 1.51. The van der Waals surface area contributed by atoms with Gasteiger partial charge in [0.1, 0.15) is 17.3 Å². The van der Waals surface area contributed by atoms with Gasteiger partial charge >= 0.3 is 0 Å². The highest BCUT2D eigenvalue weighted by atomic mass is 19.1. The second-order valence-electron chi connectivity index (χ2n) is 8.24. The zero-order valence-electron chi connectivity index (χ0n) is 20.5. The Kier molecular flexibility index (Phi) is 7.86. The summed E-state index contributed by atoms with van der Waals surface area (Å²) in [5.41, 5.74) is 0.0388. The van der Waals surface area contributed by atoms with Gasteiger partial charge in [0.05, 0.1) is 5.69 Å². The SMILES string of the molecule is CCCNC(=O)c1cc(Oc2ccc(NC(=O)c3nn(-c4cccc(F)c4)c(=O)cc3C)cc2F)ccn1. The van der Waals surface area contributed by atoms with Gasteiger partial charge in [-0.1, -0.05) is 13.0 Å². The maximum Gasteiger partial charge on any atom is 0.276 e. The third kappa shape index (κ3) is 6.06. The molecule has 0 radical (unpaired) electrons. The smallest absolute Gasteiger partial charge is 0.276 e. The van der Waals surface area contributed by atoms with Crippen LogP contribution in [-0.4, -0.2) is 33.1 Å². The first kappa shape index (κ1) is 26.1. The van der Waals surface area contributed by atoms with Crippen LogP contribution < -0.4 is 20.9 Å². The Morgan fingerprint density at radius 3 is 2.58 bits per heavy atom. The van der Waals surface area contributed by atoms with Crippen LogP contribution in [-0.2, 0) is 0 Å². The van der Waals surface area contributed by atoms with Crippen LogP contribution in [0, 0.1) is 18.6 Å². The first-order valence-corrected chi connectivity index (χ1v) is 11.6. The van der Waals surface area contributed by atoms with Crippen LogP contribution in [0.2, 0.25) is 0 Å². The quantitative estimate of drug-likeness (QED) is 0.357. The number of nitrogens with zero attached hydrogens (tertiary/aromatic N) is 3. The lowest BCUT2D eigenvalue weighted by Crippen LogP contribution is -2.26. The van der Waals surface area contributed by atoms with E-state index in [4.69, 9.17) is 4.74 Å². The highest BCUT2D eigenvalue weighted by Crippen LogP contribution is 2.27. The first-order valence-electron chi connectivity index (χ1n) is 11.6. The van der Waals surface area contributed by atoms with Crippen LogP contribution in [0.25, 0.3) is 5.69 Å². The standard InChI is InChI=1S/C27H23F2N5O4/c1-3-10-31-26(36)22-15-20(9-11-30-22)38-23-8-7-18(14-21(23)29)32-27(37)25-16(2)12-24(35)34(33-25)19-6-4-5-17(28)13-19/h4-9,11-15H,3,10H2,1-2H3,(H,31,36)(H,32,37). The minimum absolute atomic E-state index is 0.0970. The number of halogens is 2. The lowest BCUT2D eigenvalue weighted by atomic mass is 10.2. The molecule has 0 fully saturated rings. The number of nitrogens with one attached hydrogen (secondary N) is 2. The fraction of sp³-hybridized carbons (Fsp3) is 0.148. The van der Waals surface area contributed by atoms with E-state index >= 15 is 0 Å². The lowest BCUT2D eigenvalue weighted by Gasteiger charge is -2.12. The maximum absolute atomic E-state index is 14.8. The molecule has 2 aromatic carbocycles. The zero-order valence-corrected chi connectivity index (χ0v) is 20.5. The molecule has 4 aromatic rings. The molecule has 0 spiro atoms. The fourth-order valence-electron chi connectivity index (χ4n) is 3.47. The second kappa shape index (κ2) is 11.4. The Hall–Kier alpha value is -4.93. The van der Waals surface area contributed by atoms with Gasteiger partial charge in [-0.3, -0.25) is 19.4 Å². The molecule has 2 amide bonds. The van der Waals surface area contributed by atoms with Gasteiger partial charge in [-0.2, -0.15) is 9.78 Å². The van der Waals surface area contributed by atoms with E-state index in [0.717, 1.165) is 23.2 Å². The van der Waals surface area contributed by atoms with Crippen LogP contribution in [0.15, 0.2) is 71.7 Å². The van der Waals surface area contributed by atoms with Crippen molar-refractivity contribution in [3.05, 3.63) is 106 Å². The number of rotatable bonds is 8. The predicted octanol–water partition coefficient (Wildman–Crippen LogP) is 4.40. The average molecular weight is 520 g/mol. The minimum Gasteiger partial charge on any atom is -0.454 e. The lowest BCUT2D eigenvalue weighted by molar-refractivity contribution is 0.0947. The summed E-state index contributed by atoms with van der Waals surface area (Å²) in [5.74, 6) is -2.34. The third-order valence-corrected chi connectivity index (χ3v) is 5.31. The van der Waals surface area contributed by atoms with E-state index in [1.165, 1.54) is 61.7 Å². The highest BCUT2D eigenvalue weighted by molar-refractivity contribution is 6.03. The molecule has 0 saturated heterocycles. The summed E-state index contributed by atoms with van der Waals surface area (Å²) in [5, 5.41) is 9.32. The monoisotopic (exact) mass is 519 g/mol. The molecule has 0 unspecified atom stereocenters. The molecule has 0 bridgehead atoms. The van der Waals surface area contributed by atoms with Crippen molar-refractivity contribution in [2.24, 2.45) is 0 Å². The highest BCUT2D eigenvalue weighted by Gasteiger charge is 2.17. The Morgan fingerprint density at radius 2 is 1.84 bits per heavy atom. The normalized spacial score (nSPS) is 10.6. The number of hydrogen-bond acceptors (Lipinski definition) is 6. The van der Waals surface area contributed by atoms with E-state index in [0.29, 0.717) is 6.54 Å². The Bertz CT molecular complexity index is 1570. The molecule has 38 heavy (non-hydrogen) atoms. The van der Waals surface area contributed by atoms with Crippen molar-refractivity contribution in [1.82, 2.24) is 20.1 Å². The van der Waals surface area contributed by atoms with Crippen LogP contribution in [0.3, 0.4) is 0 Å². The van der Waals surface area contributed by atoms with Gasteiger partial charge in [-0.15, -0.1) is 0 Å². The molecular weight excluding hydrogens is 496 g/mol. The molecule has 0 aliphatic heterocycles. The molecule has 11 heteroatoms. The number of pyridine rings is 1.